The number of amides is 1. The number of fused-ring (bicyclic) bond motifs is 1. The van der Waals surface area contributed by atoms with Crippen LogP contribution in [-0.4, -0.2) is 42.0 Å². The standard InChI is InChI=1S/C18H17ClFN5OS/c19-13-5-6-14-15(22-18(23-21)27-14)16(13)24-7-9-25(10-8-24)17(26)11-1-3-12(20)4-2-11/h1-6H,7-10,21H2,(H,22,23). The second-order valence-corrected chi connectivity index (χ2v) is 7.63. The summed E-state index contributed by atoms with van der Waals surface area (Å²) in [5.74, 6) is 5.03. The Balaban J connectivity index is 1.53. The maximum atomic E-state index is 13.1. The van der Waals surface area contributed by atoms with E-state index >= 15 is 0 Å². The van der Waals surface area contributed by atoms with Crippen LogP contribution in [0.15, 0.2) is 36.4 Å². The Hall–Kier alpha value is -2.42. The molecule has 9 heteroatoms. The molecule has 0 spiro atoms. The Morgan fingerprint density at radius 2 is 1.85 bits per heavy atom. The van der Waals surface area contributed by atoms with Gasteiger partial charge in [0.1, 0.15) is 11.3 Å². The number of nitrogens with zero attached hydrogens (tertiary/aromatic N) is 3. The molecule has 1 amide bonds. The first-order valence-electron chi connectivity index (χ1n) is 8.42. The normalized spacial score (nSPS) is 14.6. The third-order valence-corrected chi connectivity index (χ3v) is 5.84. The molecule has 0 unspecified atom stereocenters. The van der Waals surface area contributed by atoms with E-state index in [-0.39, 0.29) is 11.7 Å². The fourth-order valence-electron chi connectivity index (χ4n) is 3.23. The molecular weight excluding hydrogens is 389 g/mol. The lowest BCUT2D eigenvalue weighted by Crippen LogP contribution is -2.49. The first-order valence-corrected chi connectivity index (χ1v) is 9.61. The van der Waals surface area contributed by atoms with Crippen LogP contribution in [0.4, 0.5) is 15.2 Å². The predicted molar refractivity (Wildman–Crippen MR) is 107 cm³/mol. The Morgan fingerprint density at radius 1 is 1.15 bits per heavy atom. The van der Waals surface area contributed by atoms with Crippen LogP contribution in [0.1, 0.15) is 10.4 Å². The van der Waals surface area contributed by atoms with E-state index in [1.165, 1.54) is 35.6 Å². The fraction of sp³-hybridized carbons (Fsp3) is 0.222. The van der Waals surface area contributed by atoms with Gasteiger partial charge >= 0.3 is 0 Å². The van der Waals surface area contributed by atoms with Gasteiger partial charge in [-0.3, -0.25) is 10.2 Å². The number of nitrogens with one attached hydrogen (secondary N) is 1. The molecule has 1 aliphatic rings. The van der Waals surface area contributed by atoms with E-state index in [1.807, 2.05) is 12.1 Å². The number of halogens is 2. The van der Waals surface area contributed by atoms with E-state index < -0.39 is 0 Å². The monoisotopic (exact) mass is 405 g/mol. The number of hydrogen-bond acceptors (Lipinski definition) is 6. The van der Waals surface area contributed by atoms with Gasteiger partial charge in [-0.1, -0.05) is 22.9 Å². The molecular formula is C18H17ClFN5OS. The number of carbonyl (C=O) groups excluding carboxylic acids is 1. The van der Waals surface area contributed by atoms with E-state index in [0.717, 1.165) is 15.9 Å². The number of carbonyl (C=O) groups is 1. The topological polar surface area (TPSA) is 74.5 Å². The van der Waals surface area contributed by atoms with Crippen molar-refractivity contribution in [3.63, 3.8) is 0 Å². The smallest absolute Gasteiger partial charge is 0.253 e. The van der Waals surface area contributed by atoms with Crippen LogP contribution in [0.2, 0.25) is 5.02 Å². The molecule has 0 aliphatic carbocycles. The summed E-state index contributed by atoms with van der Waals surface area (Å²) < 4.78 is 14.1. The molecule has 1 saturated heterocycles. The highest BCUT2D eigenvalue weighted by Gasteiger charge is 2.25. The zero-order valence-electron chi connectivity index (χ0n) is 14.3. The van der Waals surface area contributed by atoms with E-state index in [9.17, 15) is 9.18 Å². The van der Waals surface area contributed by atoms with Crippen LogP contribution in [0.25, 0.3) is 10.2 Å². The average Bonchev–Trinajstić information content (AvgIpc) is 3.11. The summed E-state index contributed by atoms with van der Waals surface area (Å²) in [6, 6.07) is 9.41. The highest BCUT2D eigenvalue weighted by atomic mass is 35.5. The second-order valence-electron chi connectivity index (χ2n) is 6.19. The molecule has 4 rings (SSSR count). The first kappa shape index (κ1) is 18.0. The SMILES string of the molecule is NNc1nc2c(N3CCN(C(=O)c4ccc(F)cc4)CC3)c(Cl)ccc2s1. The number of benzene rings is 2. The molecule has 6 nitrogen and oxygen atoms in total. The lowest BCUT2D eigenvalue weighted by molar-refractivity contribution is 0.0747. The third-order valence-electron chi connectivity index (χ3n) is 4.58. The van der Waals surface area contributed by atoms with Crippen molar-refractivity contribution in [2.45, 2.75) is 0 Å². The molecule has 3 N–H and O–H groups in total. The van der Waals surface area contributed by atoms with Crippen molar-refractivity contribution in [3.8, 4) is 0 Å². The molecule has 140 valence electrons. The number of nitrogen functional groups attached to an aromatic ring is 1. The largest absolute Gasteiger partial charge is 0.365 e. The molecule has 2 aromatic carbocycles. The van der Waals surface area contributed by atoms with Crippen molar-refractivity contribution in [2.75, 3.05) is 36.5 Å². The molecule has 1 fully saturated rings. The molecule has 0 radical (unpaired) electrons. The Labute approximate surface area is 164 Å². The number of thiazole rings is 1. The number of rotatable bonds is 3. The lowest BCUT2D eigenvalue weighted by atomic mass is 10.1. The van der Waals surface area contributed by atoms with Gasteiger partial charge in [0.25, 0.3) is 5.91 Å². The highest BCUT2D eigenvalue weighted by Crippen LogP contribution is 2.38. The molecule has 1 aliphatic heterocycles. The number of aromatic nitrogens is 1. The van der Waals surface area contributed by atoms with Crippen LogP contribution in [-0.2, 0) is 0 Å². The lowest BCUT2D eigenvalue weighted by Gasteiger charge is -2.36. The molecule has 2 heterocycles. The number of hydrogen-bond donors (Lipinski definition) is 2. The van der Waals surface area contributed by atoms with Crippen molar-refractivity contribution in [1.82, 2.24) is 9.88 Å². The highest BCUT2D eigenvalue weighted by molar-refractivity contribution is 7.22. The summed E-state index contributed by atoms with van der Waals surface area (Å²) in [5, 5.41) is 1.24. The number of anilines is 2. The Kier molecular flexibility index (Phi) is 4.86. The molecule has 0 bridgehead atoms. The van der Waals surface area contributed by atoms with Gasteiger partial charge in [-0.2, -0.15) is 0 Å². The minimum absolute atomic E-state index is 0.0952. The quantitative estimate of drug-likeness (QED) is 0.516. The van der Waals surface area contributed by atoms with Crippen LogP contribution < -0.4 is 16.2 Å². The van der Waals surface area contributed by atoms with E-state index in [2.05, 4.69) is 15.3 Å². The van der Waals surface area contributed by atoms with Gasteiger partial charge in [0.15, 0.2) is 5.13 Å². The summed E-state index contributed by atoms with van der Waals surface area (Å²) in [6.07, 6.45) is 0. The maximum absolute atomic E-state index is 13.1. The van der Waals surface area contributed by atoms with Gasteiger partial charge in [0, 0.05) is 31.7 Å². The van der Waals surface area contributed by atoms with Gasteiger partial charge in [-0.25, -0.2) is 15.2 Å². The van der Waals surface area contributed by atoms with E-state index in [1.54, 1.807) is 4.90 Å². The van der Waals surface area contributed by atoms with Gasteiger partial charge in [0.05, 0.1) is 15.4 Å². The fourth-order valence-corrected chi connectivity index (χ4v) is 4.28. The molecule has 27 heavy (non-hydrogen) atoms. The van der Waals surface area contributed by atoms with E-state index in [0.29, 0.717) is 41.9 Å². The van der Waals surface area contributed by atoms with E-state index in [4.69, 9.17) is 17.4 Å². The van der Waals surface area contributed by atoms with Gasteiger partial charge in [0.2, 0.25) is 0 Å². The van der Waals surface area contributed by atoms with Crippen molar-refractivity contribution >= 4 is 49.9 Å². The van der Waals surface area contributed by atoms with Crippen molar-refractivity contribution in [2.24, 2.45) is 5.84 Å². The Morgan fingerprint density at radius 3 is 2.52 bits per heavy atom. The van der Waals surface area contributed by atoms with Crippen LogP contribution in [0.5, 0.6) is 0 Å². The van der Waals surface area contributed by atoms with Crippen molar-refractivity contribution in [3.05, 3.63) is 52.8 Å². The summed E-state index contributed by atoms with van der Waals surface area (Å²) in [5.41, 5.74) is 4.73. The molecule has 0 atom stereocenters. The second kappa shape index (κ2) is 7.30. The summed E-state index contributed by atoms with van der Waals surface area (Å²) in [7, 11) is 0. The van der Waals surface area contributed by atoms with Gasteiger partial charge in [-0.05, 0) is 36.4 Å². The number of hydrazine groups is 1. The third kappa shape index (κ3) is 3.43. The minimum atomic E-state index is -0.353. The molecule has 1 aromatic heterocycles. The summed E-state index contributed by atoms with van der Waals surface area (Å²) in [4.78, 5) is 21.0. The summed E-state index contributed by atoms with van der Waals surface area (Å²) in [6.45, 7) is 2.37. The average molecular weight is 406 g/mol. The maximum Gasteiger partial charge on any atom is 0.253 e. The zero-order chi connectivity index (χ0) is 19.0. The number of nitrogens with two attached hydrogens (primary N) is 1. The van der Waals surface area contributed by atoms with Crippen molar-refractivity contribution < 1.29 is 9.18 Å². The molecule has 3 aromatic rings. The minimum Gasteiger partial charge on any atom is -0.365 e. The van der Waals surface area contributed by atoms with Gasteiger partial charge in [-0.15, -0.1) is 0 Å². The first-order chi connectivity index (χ1) is 13.1. The van der Waals surface area contributed by atoms with Gasteiger partial charge < -0.3 is 9.80 Å². The molecule has 0 saturated carbocycles. The van der Waals surface area contributed by atoms with Crippen LogP contribution in [0.3, 0.4) is 0 Å². The van der Waals surface area contributed by atoms with Crippen molar-refractivity contribution in [1.29, 1.82) is 0 Å². The zero-order valence-corrected chi connectivity index (χ0v) is 15.9. The summed E-state index contributed by atoms with van der Waals surface area (Å²) >= 11 is 7.91. The van der Waals surface area contributed by atoms with Crippen LogP contribution >= 0.6 is 22.9 Å². The number of piperazine rings is 1. The Bertz CT molecular complexity index is 985. The predicted octanol–water partition coefficient (Wildman–Crippen LogP) is 3.34. The van der Waals surface area contributed by atoms with Crippen LogP contribution in [0, 0.1) is 5.82 Å².